The van der Waals surface area contributed by atoms with Gasteiger partial charge in [0.15, 0.2) is 0 Å². The summed E-state index contributed by atoms with van der Waals surface area (Å²) >= 11 is 0. The van der Waals surface area contributed by atoms with E-state index in [1.807, 2.05) is 13.8 Å². The van der Waals surface area contributed by atoms with Crippen molar-refractivity contribution < 1.29 is 102 Å². The van der Waals surface area contributed by atoms with Crippen LogP contribution in [-0.4, -0.2) is 60.8 Å². The van der Waals surface area contributed by atoms with Crippen LogP contribution in [-0.2, 0) is 29.7 Å². The van der Waals surface area contributed by atoms with Crippen LogP contribution >= 0.6 is 0 Å². The molecule has 0 saturated heterocycles. The molecule has 2 rings (SSSR count). The number of rotatable bonds is 8. The molecule has 0 aliphatic rings. The predicted octanol–water partition coefficient (Wildman–Crippen LogP) is 1.37. The second-order valence-electron chi connectivity index (χ2n) is 8.44. The fourth-order valence-electron chi connectivity index (χ4n) is 2.42. The summed E-state index contributed by atoms with van der Waals surface area (Å²) in [6.45, 7) is 8.08. The van der Waals surface area contributed by atoms with Crippen LogP contribution in [0.4, 0.5) is 0 Å². The predicted molar refractivity (Wildman–Crippen MR) is 156 cm³/mol. The number of carbonyl (C=O) groups excluding carboxylic acids is 1. The smallest absolute Gasteiger partial charge is 0.870 e. The van der Waals surface area contributed by atoms with E-state index in [2.05, 4.69) is 9.98 Å². The minimum atomic E-state index is -1.75. The number of Topliss-reactive ketones (excluding diaryl/α,β-unsaturated/α-hetero) is 1. The van der Waals surface area contributed by atoms with E-state index in [0.29, 0.717) is 35.7 Å². The van der Waals surface area contributed by atoms with Gasteiger partial charge in [-0.15, -0.1) is 0 Å². The van der Waals surface area contributed by atoms with Crippen LogP contribution in [0.25, 0.3) is 0 Å². The molecule has 0 atom stereocenters. The minimum absolute atomic E-state index is 0. The van der Waals surface area contributed by atoms with Gasteiger partial charge in [0.2, 0.25) is 0 Å². The molecule has 20 nitrogen and oxygen atoms in total. The number of hydrogen-bond donors (Lipinski definition) is 0. The molecule has 0 aliphatic heterocycles. The van der Waals surface area contributed by atoms with Crippen molar-refractivity contribution in [1.82, 2.24) is 0 Å². The molecule has 0 bridgehead atoms. The molecular weight excluding hydrogens is 829 g/mol. The summed E-state index contributed by atoms with van der Waals surface area (Å²) < 4.78 is 10.1. The molecule has 2 aromatic carbocycles. The largest absolute Gasteiger partial charge is 3.00 e. The quantitative estimate of drug-likeness (QED) is 0.119. The molecule has 22 heteroatoms. The summed E-state index contributed by atoms with van der Waals surface area (Å²) in [5, 5.41) is 68.4. The van der Waals surface area contributed by atoms with E-state index < -0.39 is 15.3 Å². The molecule has 0 amide bonds. The molecule has 0 aromatic heterocycles. The van der Waals surface area contributed by atoms with Gasteiger partial charge in [-0.2, -0.15) is 0 Å². The Morgan fingerprint density at radius 1 is 0.739 bits per heavy atom. The van der Waals surface area contributed by atoms with Crippen molar-refractivity contribution in [3.63, 3.8) is 0 Å². The Morgan fingerprint density at radius 3 is 1.20 bits per heavy atom. The number of aliphatic imine (C=N–C) groups is 2. The van der Waals surface area contributed by atoms with Crippen LogP contribution in [0.2, 0.25) is 0 Å². The molecule has 0 saturated carbocycles. The van der Waals surface area contributed by atoms with Crippen LogP contribution in [0.15, 0.2) is 46.4 Å². The molecule has 0 spiro atoms. The monoisotopic (exact) mass is 860 g/mol. The molecule has 0 fully saturated rings. The van der Waals surface area contributed by atoms with Crippen LogP contribution in [0.3, 0.4) is 0 Å². The average Bonchev–Trinajstić information content (AvgIpc) is 2.84. The van der Waals surface area contributed by atoms with E-state index in [-0.39, 0.29) is 85.4 Å². The second-order valence-corrected chi connectivity index (χ2v) is 8.44. The normalized spacial score (nSPS) is 9.17. The van der Waals surface area contributed by atoms with Gasteiger partial charge >= 0.3 is 57.2 Å². The molecule has 2 aromatic rings. The molecular formula is C24H33HoN5O15Zn+. The number of hydrogen-bond acceptors (Lipinski definition) is 16. The van der Waals surface area contributed by atoms with Gasteiger partial charge in [-0.25, -0.2) is 0 Å². The second kappa shape index (κ2) is 31.1. The van der Waals surface area contributed by atoms with Crippen molar-refractivity contribution in [2.24, 2.45) is 15.4 Å². The van der Waals surface area contributed by atoms with E-state index in [1.54, 1.807) is 48.8 Å². The number of para-hydroxylation sites is 2. The maximum absolute atomic E-state index is 12.1. The van der Waals surface area contributed by atoms with Crippen molar-refractivity contribution >= 4 is 18.2 Å². The van der Waals surface area contributed by atoms with E-state index >= 15 is 0 Å². The van der Waals surface area contributed by atoms with Gasteiger partial charge in [0, 0.05) is 30.9 Å². The number of nitrogens with zero attached hydrogens (tertiary/aromatic N) is 5. The Balaban J connectivity index is -0.000000176. The third-order valence-electron chi connectivity index (χ3n) is 3.96. The van der Waals surface area contributed by atoms with E-state index in [1.165, 1.54) is 28.1 Å². The summed E-state index contributed by atoms with van der Waals surface area (Å²) in [5.41, 5.74) is 0.749. The summed E-state index contributed by atoms with van der Waals surface area (Å²) in [5.74, 6) is 0.408. The zero-order valence-electron chi connectivity index (χ0n) is 25.6. The van der Waals surface area contributed by atoms with Crippen molar-refractivity contribution in [2.45, 2.75) is 27.7 Å². The fraction of sp³-hybridized carbons (Fsp3) is 0.375. The van der Waals surface area contributed by atoms with Crippen LogP contribution in [0.1, 0.15) is 38.8 Å². The summed E-state index contributed by atoms with van der Waals surface area (Å²) in [6.07, 6.45) is 3.13. The molecule has 46 heavy (non-hydrogen) atoms. The molecule has 0 heterocycles. The third kappa shape index (κ3) is 34.6. The number of methoxy groups -OCH3 is 2. The maximum Gasteiger partial charge on any atom is 3.00 e. The summed E-state index contributed by atoms with van der Waals surface area (Å²) in [4.78, 5) is 43.0. The van der Waals surface area contributed by atoms with Crippen LogP contribution in [0, 0.1) is 89.1 Å². The number of ketones is 1. The van der Waals surface area contributed by atoms with Crippen molar-refractivity contribution in [3.05, 3.63) is 93.5 Å². The standard InChI is InChI=1S/C21H26N2O4.C3H6O.Ho.3NO3.H2O.Zn/c1-21(2,13-22-11-15-7-5-9-17(26-3)19(15)24)14-23-12-16-8-6-10-18(27-4)20(16)25;1-3(2)4;;3*2-1(3)4;;/h5-12,24-25H,13-14H2,1-4H3;1-2H3;;;;;1H2;/q;;+3;3*-1;;+2/p-1. The Bertz CT molecular complexity index is 1100. The van der Waals surface area contributed by atoms with Crippen molar-refractivity contribution in [2.75, 3.05) is 27.3 Å². The van der Waals surface area contributed by atoms with Crippen molar-refractivity contribution in [1.29, 1.82) is 0 Å². The number of carbonyl (C=O) groups is 1. The Labute approximate surface area is 305 Å². The minimum Gasteiger partial charge on any atom is -0.870 e. The first-order chi connectivity index (χ1) is 19.8. The van der Waals surface area contributed by atoms with E-state index in [0.717, 1.165) is 0 Å². The van der Waals surface area contributed by atoms with Crippen molar-refractivity contribution in [3.8, 4) is 23.0 Å². The van der Waals surface area contributed by atoms with Gasteiger partial charge < -0.3 is 75.9 Å². The van der Waals surface area contributed by atoms with Gasteiger partial charge in [-0.3, -0.25) is 9.98 Å². The number of benzene rings is 2. The van der Waals surface area contributed by atoms with Gasteiger partial charge in [0.1, 0.15) is 17.3 Å². The first kappa shape index (κ1) is 54.6. The Hall–Kier alpha value is -3.91. The average molecular weight is 862 g/mol. The zero-order valence-corrected chi connectivity index (χ0v) is 30.5. The maximum atomic E-state index is 12.1. The van der Waals surface area contributed by atoms with Crippen LogP contribution in [0.5, 0.6) is 23.0 Å². The molecule has 256 valence electrons. The van der Waals surface area contributed by atoms with Gasteiger partial charge in [-0.1, -0.05) is 49.6 Å². The third-order valence-corrected chi connectivity index (χ3v) is 3.96. The Morgan fingerprint density at radius 2 is 0.978 bits per heavy atom. The SMILES string of the molecule is CC(C)=O.COc1cccc(C=NCC(C)(C)CN=Cc2cccc(OC)c2[O-])c1[O-].O=[N+]([O-])[O-].O=[N+]([O-])[O-].O=[N+]([O-])[O-].[Ho+3].[OH3+].[Zn+2]. The summed E-state index contributed by atoms with van der Waals surface area (Å²) in [6, 6.07) is 10.2. The molecule has 0 radical (unpaired) electrons. The number of ether oxygens (including phenoxy) is 2. The molecule has 0 aliphatic carbocycles. The first-order valence-electron chi connectivity index (χ1n) is 11.4. The molecule has 3 N–H and O–H groups in total. The van der Waals surface area contributed by atoms with Crippen LogP contribution < -0.4 is 19.7 Å². The Kier molecular flexibility index (Phi) is 36.9. The van der Waals surface area contributed by atoms with E-state index in [4.69, 9.17) is 55.4 Å². The first-order valence-corrected chi connectivity index (χ1v) is 11.4. The topological polar surface area (TPSA) is 338 Å². The summed E-state index contributed by atoms with van der Waals surface area (Å²) in [7, 11) is 2.93. The fourth-order valence-corrected chi connectivity index (χ4v) is 2.42. The van der Waals surface area contributed by atoms with Gasteiger partial charge in [-0.05, 0) is 37.1 Å². The van der Waals surface area contributed by atoms with E-state index in [9.17, 15) is 15.0 Å². The molecule has 0 unspecified atom stereocenters. The van der Waals surface area contributed by atoms with Gasteiger partial charge in [0.25, 0.3) is 0 Å². The van der Waals surface area contributed by atoms with Gasteiger partial charge in [0.05, 0.1) is 29.5 Å². The zero-order chi connectivity index (χ0) is 34.2.